The molecule has 120 valence electrons. The second-order valence-electron chi connectivity index (χ2n) is 5.22. The van der Waals surface area contributed by atoms with Crippen LogP contribution < -0.4 is 15.9 Å². The van der Waals surface area contributed by atoms with E-state index in [-0.39, 0.29) is 0 Å². The minimum absolute atomic E-state index is 0.294. The van der Waals surface area contributed by atoms with Crippen molar-refractivity contribution in [3.05, 3.63) is 90.0 Å². The van der Waals surface area contributed by atoms with Gasteiger partial charge in [0.15, 0.2) is 7.14 Å². The third kappa shape index (κ3) is 3.44. The van der Waals surface area contributed by atoms with E-state index in [0.717, 1.165) is 5.69 Å². The zero-order chi connectivity index (χ0) is 17.0. The number of nitrogens with one attached hydrogen (secondary N) is 1. The average molecular weight is 372 g/mol. The second kappa shape index (κ2) is 7.31. The zero-order valence-corrected chi connectivity index (χ0v) is 15.2. The maximum absolute atomic E-state index is 14.0. The van der Waals surface area contributed by atoms with Gasteiger partial charge in [-0.15, -0.1) is 0 Å². The summed E-state index contributed by atoms with van der Waals surface area (Å²) < 4.78 is 14.3. The van der Waals surface area contributed by atoms with Crippen molar-refractivity contribution in [2.24, 2.45) is 0 Å². The van der Waals surface area contributed by atoms with Crippen molar-refractivity contribution >= 4 is 52.0 Å². The second-order valence-corrected chi connectivity index (χ2v) is 9.07. The average Bonchev–Trinajstić information content (AvgIpc) is 2.62. The van der Waals surface area contributed by atoms with Crippen LogP contribution in [0.3, 0.4) is 0 Å². The van der Waals surface area contributed by atoms with Crippen LogP contribution in [0.15, 0.2) is 84.9 Å². The molecule has 0 bridgehead atoms. The number of hydrogen-bond acceptors (Lipinski definition) is 2. The van der Waals surface area contributed by atoms with Crippen molar-refractivity contribution < 1.29 is 4.57 Å². The number of hydrogen-bond donors (Lipinski definition) is 1. The SMILES string of the molecule is O=P(C(=S)Nc1cccc(Cl)c1)(c1ccccc1)c1ccccc1. The van der Waals surface area contributed by atoms with Crippen molar-refractivity contribution in [1.82, 2.24) is 0 Å². The highest BCUT2D eigenvalue weighted by atomic mass is 35.5. The molecule has 0 amide bonds. The first-order chi connectivity index (χ1) is 11.6. The summed E-state index contributed by atoms with van der Waals surface area (Å²) in [5.74, 6) is 0. The van der Waals surface area contributed by atoms with Crippen molar-refractivity contribution in [2.45, 2.75) is 0 Å². The standard InChI is InChI=1S/C19H15ClNOPS/c20-15-8-7-9-16(14-15)21-19(24)23(22,17-10-3-1-4-11-17)18-12-5-2-6-13-18/h1-14H,(H,21,24). The fraction of sp³-hybridized carbons (Fsp3) is 0. The maximum atomic E-state index is 14.0. The third-order valence-corrected chi connectivity index (χ3v) is 7.44. The van der Waals surface area contributed by atoms with Crippen molar-refractivity contribution in [1.29, 1.82) is 0 Å². The molecule has 0 heterocycles. The van der Waals surface area contributed by atoms with Crippen LogP contribution in [0, 0.1) is 0 Å². The fourth-order valence-electron chi connectivity index (χ4n) is 2.43. The Morgan fingerprint density at radius 1 is 0.833 bits per heavy atom. The lowest BCUT2D eigenvalue weighted by atomic mass is 10.3. The number of thiocarbonyl (C=S) groups is 1. The third-order valence-electron chi connectivity index (χ3n) is 3.60. The van der Waals surface area contributed by atoms with Crippen LogP contribution in [-0.2, 0) is 4.57 Å². The highest BCUT2D eigenvalue weighted by molar-refractivity contribution is 8.08. The molecule has 0 saturated carbocycles. The summed E-state index contributed by atoms with van der Waals surface area (Å²) in [5.41, 5.74) is 0.722. The molecule has 3 rings (SSSR count). The summed E-state index contributed by atoms with van der Waals surface area (Å²) in [6.45, 7) is 0. The minimum atomic E-state index is -3.12. The van der Waals surface area contributed by atoms with E-state index in [0.29, 0.717) is 20.4 Å². The zero-order valence-electron chi connectivity index (χ0n) is 12.7. The molecule has 3 aromatic rings. The topological polar surface area (TPSA) is 29.1 Å². The van der Waals surface area contributed by atoms with Gasteiger partial charge in [0, 0.05) is 21.3 Å². The summed E-state index contributed by atoms with van der Waals surface area (Å²) in [5, 5.41) is 5.11. The van der Waals surface area contributed by atoms with Gasteiger partial charge < -0.3 is 9.88 Å². The van der Waals surface area contributed by atoms with Gasteiger partial charge in [-0.2, -0.15) is 0 Å². The fourth-order valence-corrected chi connectivity index (χ4v) is 5.61. The molecular formula is C19H15ClNOPS. The van der Waals surface area contributed by atoms with Crippen LogP contribution in [0.2, 0.25) is 5.02 Å². The molecule has 0 radical (unpaired) electrons. The first-order valence-corrected chi connectivity index (χ1v) is 9.88. The van der Waals surface area contributed by atoms with E-state index in [2.05, 4.69) is 5.32 Å². The Labute approximate surface area is 151 Å². The number of benzene rings is 3. The van der Waals surface area contributed by atoms with Crippen LogP contribution in [0.4, 0.5) is 5.69 Å². The van der Waals surface area contributed by atoms with E-state index in [1.54, 1.807) is 12.1 Å². The van der Waals surface area contributed by atoms with Crippen molar-refractivity contribution in [2.75, 3.05) is 5.32 Å². The Morgan fingerprint density at radius 2 is 1.38 bits per heavy atom. The van der Waals surface area contributed by atoms with Gasteiger partial charge in [-0.05, 0) is 18.2 Å². The van der Waals surface area contributed by atoms with E-state index in [1.165, 1.54) is 0 Å². The molecule has 24 heavy (non-hydrogen) atoms. The molecule has 0 saturated heterocycles. The Balaban J connectivity index is 2.05. The molecule has 0 aromatic heterocycles. The van der Waals surface area contributed by atoms with Gasteiger partial charge >= 0.3 is 0 Å². The maximum Gasteiger partial charge on any atom is 0.197 e. The lowest BCUT2D eigenvalue weighted by molar-refractivity contribution is 0.594. The first-order valence-electron chi connectivity index (χ1n) is 7.39. The Morgan fingerprint density at radius 3 is 1.88 bits per heavy atom. The Kier molecular flexibility index (Phi) is 5.15. The van der Waals surface area contributed by atoms with Crippen LogP contribution in [0.1, 0.15) is 0 Å². The van der Waals surface area contributed by atoms with E-state index < -0.39 is 7.14 Å². The summed E-state index contributed by atoms with van der Waals surface area (Å²) in [6, 6.07) is 25.9. The number of halogens is 1. The molecule has 0 unspecified atom stereocenters. The predicted molar refractivity (Wildman–Crippen MR) is 107 cm³/mol. The molecule has 5 heteroatoms. The van der Waals surface area contributed by atoms with Crippen molar-refractivity contribution in [3.8, 4) is 0 Å². The van der Waals surface area contributed by atoms with Gasteiger partial charge in [0.1, 0.15) is 4.73 Å². The molecule has 0 aliphatic carbocycles. The summed E-state index contributed by atoms with van der Waals surface area (Å²) in [6.07, 6.45) is 0. The first kappa shape index (κ1) is 16.9. The monoisotopic (exact) mass is 371 g/mol. The van der Waals surface area contributed by atoms with Gasteiger partial charge in [0.2, 0.25) is 0 Å². The van der Waals surface area contributed by atoms with Gasteiger partial charge in [-0.1, -0.05) is 90.5 Å². The molecule has 2 nitrogen and oxygen atoms in total. The van der Waals surface area contributed by atoms with Gasteiger partial charge in [-0.3, -0.25) is 0 Å². The number of anilines is 1. The van der Waals surface area contributed by atoms with Crippen LogP contribution in [0.25, 0.3) is 0 Å². The predicted octanol–water partition coefficient (Wildman–Crippen LogP) is 5.05. The molecule has 0 spiro atoms. The van der Waals surface area contributed by atoms with Crippen molar-refractivity contribution in [3.63, 3.8) is 0 Å². The smallest absolute Gasteiger partial charge is 0.197 e. The lowest BCUT2D eigenvalue weighted by Gasteiger charge is -2.21. The molecular weight excluding hydrogens is 357 g/mol. The largest absolute Gasteiger partial charge is 0.343 e. The van der Waals surface area contributed by atoms with Gasteiger partial charge in [-0.25, -0.2) is 0 Å². The van der Waals surface area contributed by atoms with Crippen LogP contribution >= 0.6 is 31.0 Å². The van der Waals surface area contributed by atoms with E-state index in [9.17, 15) is 4.57 Å². The Bertz CT molecular complexity index is 856. The molecule has 0 aliphatic heterocycles. The highest BCUT2D eigenvalue weighted by Crippen LogP contribution is 2.45. The van der Waals surface area contributed by atoms with Crippen LogP contribution in [0.5, 0.6) is 0 Å². The molecule has 0 aliphatic rings. The lowest BCUT2D eigenvalue weighted by Crippen LogP contribution is -2.25. The molecule has 0 atom stereocenters. The Hall–Kier alpha value is -1.93. The van der Waals surface area contributed by atoms with E-state index in [1.807, 2.05) is 72.8 Å². The quantitative estimate of drug-likeness (QED) is 0.514. The van der Waals surface area contributed by atoms with E-state index >= 15 is 0 Å². The summed E-state index contributed by atoms with van der Waals surface area (Å²) in [7, 11) is -3.12. The molecule has 3 aromatic carbocycles. The van der Waals surface area contributed by atoms with Crippen LogP contribution in [-0.4, -0.2) is 4.73 Å². The normalized spacial score (nSPS) is 11.0. The minimum Gasteiger partial charge on any atom is -0.343 e. The summed E-state index contributed by atoms with van der Waals surface area (Å²) in [4.78, 5) is 0. The molecule has 0 fully saturated rings. The summed E-state index contributed by atoms with van der Waals surface area (Å²) >= 11 is 11.6. The molecule has 1 N–H and O–H groups in total. The van der Waals surface area contributed by atoms with Gasteiger partial charge in [0.05, 0.1) is 0 Å². The van der Waals surface area contributed by atoms with E-state index in [4.69, 9.17) is 23.8 Å². The highest BCUT2D eigenvalue weighted by Gasteiger charge is 2.32. The van der Waals surface area contributed by atoms with Gasteiger partial charge in [0.25, 0.3) is 0 Å². The number of rotatable bonds is 4.